The molecule has 298 valence electrons. The molecule has 4 heterocycles. The van der Waals surface area contributed by atoms with E-state index in [1.165, 1.54) is 6.07 Å². The van der Waals surface area contributed by atoms with Crippen LogP contribution >= 0.6 is 11.6 Å². The second kappa shape index (κ2) is 15.4. The number of nitrogens with zero attached hydrogens (tertiary/aromatic N) is 6. The van der Waals surface area contributed by atoms with E-state index >= 15 is 0 Å². The monoisotopic (exact) mass is 800 g/mol. The summed E-state index contributed by atoms with van der Waals surface area (Å²) >= 11 is 6.22. The molecule has 5 amide bonds. The number of carbonyl (C=O) groups is 5. The summed E-state index contributed by atoms with van der Waals surface area (Å²) in [6.45, 7) is 11.8. The molecule has 0 bridgehead atoms. The summed E-state index contributed by atoms with van der Waals surface area (Å²) in [5.74, 6) is -2.81. The van der Waals surface area contributed by atoms with Gasteiger partial charge in [0.2, 0.25) is 11.8 Å². The number of nitrogens with one attached hydrogen (secondary N) is 2. The van der Waals surface area contributed by atoms with Crippen molar-refractivity contribution in [3.05, 3.63) is 75.7 Å². The summed E-state index contributed by atoms with van der Waals surface area (Å²) in [5, 5.41) is 23.4. The standard InChI is InChI=1S/C40H42ClFN8O7/c1-39(2)37(40(3,4)38(39)57-23-7-6-22(21-43)26(41)18-23)45-33(52)28-8-10-31(47-46-28)49-15-13-48(14-16-49)12-5-17-56-30-20-25-24(19-27(30)42)35(54)50(36(25)55)29-9-11-32(51)44-34(29)53/h6-8,10,18-20,29,37-38H,5,9,11-17H2,1-4H3,(H,45,52)(H,44,51,53). The number of fused-ring (bicyclic) bond motifs is 1. The van der Waals surface area contributed by atoms with Gasteiger partial charge < -0.3 is 19.7 Å². The van der Waals surface area contributed by atoms with E-state index in [4.69, 9.17) is 21.1 Å². The highest BCUT2D eigenvalue weighted by Gasteiger charge is 2.64. The Morgan fingerprint density at radius 3 is 2.33 bits per heavy atom. The van der Waals surface area contributed by atoms with Crippen molar-refractivity contribution in [2.75, 3.05) is 44.2 Å². The van der Waals surface area contributed by atoms with E-state index in [0.29, 0.717) is 48.2 Å². The van der Waals surface area contributed by atoms with Crippen molar-refractivity contribution in [3.63, 3.8) is 0 Å². The third-order valence-electron chi connectivity index (χ3n) is 11.4. The molecule has 1 aromatic heterocycles. The van der Waals surface area contributed by atoms with Crippen LogP contribution in [0.5, 0.6) is 11.5 Å². The lowest BCUT2D eigenvalue weighted by Crippen LogP contribution is -2.74. The van der Waals surface area contributed by atoms with E-state index in [9.17, 15) is 33.6 Å². The van der Waals surface area contributed by atoms with Crippen LogP contribution in [0.3, 0.4) is 0 Å². The number of hydrogen-bond donors (Lipinski definition) is 2. The summed E-state index contributed by atoms with van der Waals surface area (Å²) in [6.07, 6.45) is 0.321. The minimum absolute atomic E-state index is 0.00580. The average Bonchev–Trinajstić information content (AvgIpc) is 3.41. The van der Waals surface area contributed by atoms with Gasteiger partial charge in [0.1, 0.15) is 24.0 Å². The molecule has 1 saturated carbocycles. The van der Waals surface area contributed by atoms with Crippen LogP contribution in [-0.2, 0) is 9.59 Å². The fourth-order valence-corrected chi connectivity index (χ4v) is 8.88. The van der Waals surface area contributed by atoms with Crippen molar-refractivity contribution < 1.29 is 37.8 Å². The zero-order valence-corrected chi connectivity index (χ0v) is 32.7. The van der Waals surface area contributed by atoms with Gasteiger partial charge in [0.05, 0.1) is 28.3 Å². The molecule has 4 aliphatic rings. The first-order chi connectivity index (χ1) is 27.1. The summed E-state index contributed by atoms with van der Waals surface area (Å²) in [7, 11) is 0. The first-order valence-electron chi connectivity index (χ1n) is 18.8. The smallest absolute Gasteiger partial charge is 0.272 e. The molecule has 3 fully saturated rings. The molecule has 3 aromatic rings. The number of ether oxygens (including phenoxy) is 2. The van der Waals surface area contributed by atoms with Gasteiger partial charge in [-0.05, 0) is 49.2 Å². The van der Waals surface area contributed by atoms with Crippen LogP contribution in [-0.4, -0.2) is 107 Å². The number of nitriles is 1. The minimum Gasteiger partial charge on any atom is -0.490 e. The zero-order valence-electron chi connectivity index (χ0n) is 31.9. The van der Waals surface area contributed by atoms with Crippen LogP contribution in [0.4, 0.5) is 10.2 Å². The van der Waals surface area contributed by atoms with Crippen LogP contribution < -0.4 is 25.0 Å². The van der Waals surface area contributed by atoms with Crippen molar-refractivity contribution in [1.29, 1.82) is 5.26 Å². The summed E-state index contributed by atoms with van der Waals surface area (Å²) in [4.78, 5) is 68.3. The van der Waals surface area contributed by atoms with Crippen molar-refractivity contribution in [1.82, 2.24) is 30.6 Å². The Morgan fingerprint density at radius 1 is 1.00 bits per heavy atom. The fraction of sp³-hybridized carbons (Fsp3) is 0.450. The van der Waals surface area contributed by atoms with E-state index in [1.807, 2.05) is 33.8 Å². The number of amides is 5. The summed E-state index contributed by atoms with van der Waals surface area (Å²) in [6, 6.07) is 11.3. The van der Waals surface area contributed by atoms with E-state index in [-0.39, 0.29) is 60.1 Å². The molecule has 2 saturated heterocycles. The van der Waals surface area contributed by atoms with Crippen LogP contribution in [0.1, 0.15) is 83.7 Å². The lowest BCUT2D eigenvalue weighted by atomic mass is 9.49. The van der Waals surface area contributed by atoms with E-state index < -0.39 is 46.3 Å². The van der Waals surface area contributed by atoms with E-state index in [0.717, 1.165) is 24.1 Å². The Bertz CT molecular complexity index is 2170. The molecule has 1 unspecified atom stereocenters. The molecule has 1 atom stereocenters. The Balaban J connectivity index is 0.858. The van der Waals surface area contributed by atoms with Gasteiger partial charge >= 0.3 is 0 Å². The van der Waals surface area contributed by atoms with Gasteiger partial charge in [-0.3, -0.25) is 39.1 Å². The molecule has 17 heteroatoms. The topological polar surface area (TPSA) is 187 Å². The fourth-order valence-electron chi connectivity index (χ4n) is 8.67. The predicted molar refractivity (Wildman–Crippen MR) is 203 cm³/mol. The average molecular weight is 801 g/mol. The van der Waals surface area contributed by atoms with Crippen LogP contribution in [0.25, 0.3) is 0 Å². The van der Waals surface area contributed by atoms with Gasteiger partial charge in [-0.2, -0.15) is 5.26 Å². The third kappa shape index (κ3) is 7.49. The molecule has 57 heavy (non-hydrogen) atoms. The lowest BCUT2D eigenvalue weighted by molar-refractivity contribution is -0.164. The van der Waals surface area contributed by atoms with Gasteiger partial charge in [-0.15, -0.1) is 10.2 Å². The number of rotatable bonds is 11. The van der Waals surface area contributed by atoms with Crippen molar-refractivity contribution in [2.24, 2.45) is 10.8 Å². The van der Waals surface area contributed by atoms with Gasteiger partial charge in [-0.25, -0.2) is 4.39 Å². The van der Waals surface area contributed by atoms with Gasteiger partial charge in [-0.1, -0.05) is 39.3 Å². The number of imide groups is 2. The minimum atomic E-state index is -1.14. The second-order valence-electron chi connectivity index (χ2n) is 15.9. The molecule has 2 N–H and O–H groups in total. The van der Waals surface area contributed by atoms with Crippen molar-refractivity contribution in [3.8, 4) is 17.6 Å². The highest BCUT2D eigenvalue weighted by molar-refractivity contribution is 6.31. The normalized spacial score (nSPS) is 22.6. The zero-order chi connectivity index (χ0) is 40.8. The molecule has 3 aliphatic heterocycles. The molecule has 2 aromatic carbocycles. The number of benzene rings is 2. The maximum Gasteiger partial charge on any atom is 0.272 e. The number of hydrogen-bond acceptors (Lipinski definition) is 12. The Hall–Kier alpha value is -5.66. The molecule has 1 aliphatic carbocycles. The van der Waals surface area contributed by atoms with Crippen molar-refractivity contribution in [2.45, 2.75) is 65.1 Å². The SMILES string of the molecule is CC1(C)C(NC(=O)c2ccc(N3CCN(CCCOc4cc5c(cc4F)C(=O)N(C4CCC(=O)NC4=O)C5=O)CC3)nn2)C(C)(C)C1Oc1ccc(C#N)c(Cl)c1. The maximum atomic E-state index is 14.9. The second-order valence-corrected chi connectivity index (χ2v) is 16.3. The number of aromatic nitrogens is 2. The quantitative estimate of drug-likeness (QED) is 0.212. The highest BCUT2D eigenvalue weighted by atomic mass is 35.5. The molecule has 0 spiro atoms. The number of piperazine rings is 1. The third-order valence-corrected chi connectivity index (χ3v) is 11.7. The van der Waals surface area contributed by atoms with E-state index in [1.54, 1.807) is 30.3 Å². The Morgan fingerprint density at radius 2 is 1.70 bits per heavy atom. The molecular weight excluding hydrogens is 759 g/mol. The van der Waals surface area contributed by atoms with Gasteiger partial charge in [0.15, 0.2) is 23.1 Å². The van der Waals surface area contributed by atoms with Gasteiger partial charge in [0, 0.05) is 62.1 Å². The van der Waals surface area contributed by atoms with Crippen molar-refractivity contribution >= 4 is 47.0 Å². The molecular formula is C40H42ClFN8O7. The number of halogens is 2. The number of piperidine rings is 1. The van der Waals surface area contributed by atoms with E-state index in [2.05, 4.69) is 30.6 Å². The molecule has 15 nitrogen and oxygen atoms in total. The molecule has 0 radical (unpaired) electrons. The van der Waals surface area contributed by atoms with Crippen LogP contribution in [0.15, 0.2) is 42.5 Å². The summed E-state index contributed by atoms with van der Waals surface area (Å²) < 4.78 is 27.0. The van der Waals surface area contributed by atoms with Crippen LogP contribution in [0, 0.1) is 28.0 Å². The first kappa shape index (κ1) is 39.6. The largest absolute Gasteiger partial charge is 0.490 e. The lowest BCUT2D eigenvalue weighted by Gasteiger charge is -2.63. The molecule has 7 rings (SSSR count). The maximum absolute atomic E-state index is 14.9. The van der Waals surface area contributed by atoms with Crippen LogP contribution in [0.2, 0.25) is 5.02 Å². The van der Waals surface area contributed by atoms with Gasteiger partial charge in [0.25, 0.3) is 17.7 Å². The Labute approximate surface area is 333 Å². The summed E-state index contributed by atoms with van der Waals surface area (Å²) in [5.41, 5.74) is -0.481. The Kier molecular flexibility index (Phi) is 10.7. The number of anilines is 1. The highest BCUT2D eigenvalue weighted by Crippen LogP contribution is 2.55. The first-order valence-corrected chi connectivity index (χ1v) is 19.1. The number of carbonyl (C=O) groups excluding carboxylic acids is 5. The predicted octanol–water partition coefficient (Wildman–Crippen LogP) is 3.75.